The van der Waals surface area contributed by atoms with Crippen molar-refractivity contribution in [1.82, 2.24) is 19.4 Å². The van der Waals surface area contributed by atoms with Crippen LogP contribution in [0.2, 0.25) is 0 Å². The largest absolute Gasteiger partial charge is 0.496 e. The predicted molar refractivity (Wildman–Crippen MR) is 114 cm³/mol. The Morgan fingerprint density at radius 1 is 1.27 bits per heavy atom. The maximum absolute atomic E-state index is 13.0. The summed E-state index contributed by atoms with van der Waals surface area (Å²) in [5.41, 5.74) is 1.54. The number of imidazole rings is 1. The second-order valence-corrected chi connectivity index (χ2v) is 8.16. The van der Waals surface area contributed by atoms with Crippen molar-refractivity contribution < 1.29 is 14.3 Å². The predicted octanol–water partition coefficient (Wildman–Crippen LogP) is 2.24. The number of hydrogen-bond acceptors (Lipinski definition) is 5. The van der Waals surface area contributed by atoms with E-state index in [2.05, 4.69) is 32.7 Å². The molecule has 7 heteroatoms. The molecule has 2 aromatic rings. The average Bonchev–Trinajstić information content (AvgIpc) is 3.10. The van der Waals surface area contributed by atoms with Gasteiger partial charge in [-0.1, -0.05) is 18.2 Å². The molecular formula is C23H30N4O3. The van der Waals surface area contributed by atoms with Crippen LogP contribution in [0.3, 0.4) is 0 Å². The third-order valence-corrected chi connectivity index (χ3v) is 6.01. The van der Waals surface area contributed by atoms with Crippen molar-refractivity contribution in [3.05, 3.63) is 59.7 Å². The van der Waals surface area contributed by atoms with E-state index in [9.17, 15) is 4.79 Å². The maximum atomic E-state index is 13.0. The number of carbonyl (C=O) groups is 1. The third-order valence-electron chi connectivity index (χ3n) is 6.01. The first kappa shape index (κ1) is 20.6. The van der Waals surface area contributed by atoms with Crippen LogP contribution < -0.4 is 4.74 Å². The lowest BCUT2D eigenvalue weighted by molar-refractivity contribution is -0.168. The molecule has 1 fully saturated rings. The van der Waals surface area contributed by atoms with Crippen LogP contribution in [0.25, 0.3) is 0 Å². The molecule has 1 atom stereocenters. The maximum Gasteiger partial charge on any atom is 0.256 e. The zero-order chi connectivity index (χ0) is 21.1. The highest BCUT2D eigenvalue weighted by Gasteiger charge is 2.45. The number of carbonyl (C=O) groups excluding carboxylic acids is 1. The molecular weight excluding hydrogens is 380 g/mol. The van der Waals surface area contributed by atoms with Crippen LogP contribution in [0.1, 0.15) is 23.4 Å². The normalized spacial score (nSPS) is 22.5. The Kier molecular flexibility index (Phi) is 5.92. The molecule has 1 amide bonds. The molecule has 0 bridgehead atoms. The van der Waals surface area contributed by atoms with Crippen molar-refractivity contribution in [2.45, 2.75) is 32.0 Å². The summed E-state index contributed by atoms with van der Waals surface area (Å²) in [6.45, 7) is 6.09. The SMILES string of the molecule is COc1ccc(CN2CCOC3(CC=CCN(C)C3=O)C2)cc1Cn1ccnc1C. The molecule has 0 aliphatic carbocycles. The van der Waals surface area contributed by atoms with Crippen molar-refractivity contribution >= 4 is 5.91 Å². The second-order valence-electron chi connectivity index (χ2n) is 8.16. The molecule has 3 heterocycles. The number of hydrogen-bond donors (Lipinski definition) is 0. The van der Waals surface area contributed by atoms with Crippen LogP contribution in [0, 0.1) is 6.92 Å². The number of methoxy groups -OCH3 is 1. The summed E-state index contributed by atoms with van der Waals surface area (Å²) in [6, 6.07) is 6.33. The van der Waals surface area contributed by atoms with Gasteiger partial charge in [0.25, 0.3) is 5.91 Å². The lowest BCUT2D eigenvalue weighted by atomic mass is 9.95. The molecule has 0 N–H and O–H groups in total. The zero-order valence-electron chi connectivity index (χ0n) is 18.0. The molecule has 1 saturated heterocycles. The highest BCUT2D eigenvalue weighted by atomic mass is 16.5. The fraction of sp³-hybridized carbons (Fsp3) is 0.478. The van der Waals surface area contributed by atoms with Gasteiger partial charge in [0.05, 0.1) is 20.3 Å². The summed E-state index contributed by atoms with van der Waals surface area (Å²) in [7, 11) is 3.54. The van der Waals surface area contributed by atoms with E-state index in [-0.39, 0.29) is 5.91 Å². The van der Waals surface area contributed by atoms with Crippen LogP contribution in [-0.4, -0.2) is 71.3 Å². The first-order valence-electron chi connectivity index (χ1n) is 10.4. The molecule has 1 aromatic carbocycles. The summed E-state index contributed by atoms with van der Waals surface area (Å²) >= 11 is 0. The molecule has 1 aromatic heterocycles. The number of ether oxygens (including phenoxy) is 2. The number of aryl methyl sites for hydroxylation is 1. The van der Waals surface area contributed by atoms with E-state index < -0.39 is 5.60 Å². The Morgan fingerprint density at radius 2 is 2.13 bits per heavy atom. The molecule has 1 spiro atoms. The van der Waals surface area contributed by atoms with Gasteiger partial charge < -0.3 is 18.9 Å². The van der Waals surface area contributed by atoms with E-state index >= 15 is 0 Å². The highest BCUT2D eigenvalue weighted by molar-refractivity contribution is 5.86. The molecule has 30 heavy (non-hydrogen) atoms. The molecule has 1 unspecified atom stereocenters. The lowest BCUT2D eigenvalue weighted by Gasteiger charge is -2.42. The Labute approximate surface area is 177 Å². The minimum Gasteiger partial charge on any atom is -0.496 e. The number of amides is 1. The first-order valence-corrected chi connectivity index (χ1v) is 10.4. The summed E-state index contributed by atoms with van der Waals surface area (Å²) in [6.07, 6.45) is 8.54. The van der Waals surface area contributed by atoms with E-state index in [4.69, 9.17) is 9.47 Å². The van der Waals surface area contributed by atoms with E-state index in [1.807, 2.05) is 38.5 Å². The van der Waals surface area contributed by atoms with Crippen molar-refractivity contribution in [2.24, 2.45) is 0 Å². The molecule has 7 nitrogen and oxygen atoms in total. The van der Waals surface area contributed by atoms with Gasteiger partial charge in [-0.2, -0.15) is 0 Å². The fourth-order valence-corrected chi connectivity index (χ4v) is 4.33. The zero-order valence-corrected chi connectivity index (χ0v) is 18.0. The van der Waals surface area contributed by atoms with E-state index in [0.29, 0.717) is 32.7 Å². The molecule has 2 aliphatic heterocycles. The van der Waals surface area contributed by atoms with Gasteiger partial charge in [-0.3, -0.25) is 9.69 Å². The highest BCUT2D eigenvalue weighted by Crippen LogP contribution is 2.29. The van der Waals surface area contributed by atoms with E-state index in [0.717, 1.165) is 30.2 Å². The van der Waals surface area contributed by atoms with E-state index in [1.165, 1.54) is 5.56 Å². The second kappa shape index (κ2) is 8.62. The molecule has 160 valence electrons. The number of likely N-dealkylation sites (N-methyl/N-ethyl adjacent to an activating group) is 1. The number of rotatable bonds is 5. The van der Waals surface area contributed by atoms with Crippen molar-refractivity contribution in [2.75, 3.05) is 40.4 Å². The number of benzene rings is 1. The Bertz CT molecular complexity index is 938. The fourth-order valence-electron chi connectivity index (χ4n) is 4.33. The van der Waals surface area contributed by atoms with Gasteiger partial charge >= 0.3 is 0 Å². The molecule has 4 rings (SSSR count). The minimum absolute atomic E-state index is 0.0724. The Balaban J connectivity index is 1.52. The minimum atomic E-state index is -0.775. The van der Waals surface area contributed by atoms with Gasteiger partial charge in [0.2, 0.25) is 0 Å². The van der Waals surface area contributed by atoms with Crippen LogP contribution >= 0.6 is 0 Å². The van der Waals surface area contributed by atoms with Gasteiger partial charge in [-0.15, -0.1) is 0 Å². The van der Waals surface area contributed by atoms with Crippen molar-refractivity contribution in [3.8, 4) is 5.75 Å². The molecule has 2 aliphatic rings. The number of nitrogens with zero attached hydrogens (tertiary/aromatic N) is 4. The topological polar surface area (TPSA) is 59.8 Å². The Morgan fingerprint density at radius 3 is 2.90 bits per heavy atom. The van der Waals surface area contributed by atoms with Gasteiger partial charge in [-0.25, -0.2) is 4.98 Å². The summed E-state index contributed by atoms with van der Waals surface area (Å²) < 4.78 is 13.8. The number of morpholine rings is 1. The summed E-state index contributed by atoms with van der Waals surface area (Å²) in [4.78, 5) is 21.4. The summed E-state index contributed by atoms with van der Waals surface area (Å²) in [5, 5.41) is 0. The van der Waals surface area contributed by atoms with E-state index in [1.54, 1.807) is 12.0 Å². The van der Waals surface area contributed by atoms with Crippen LogP contribution in [0.5, 0.6) is 5.75 Å². The monoisotopic (exact) mass is 410 g/mol. The smallest absolute Gasteiger partial charge is 0.256 e. The number of aromatic nitrogens is 2. The standard InChI is InChI=1S/C23H30N4O3/c1-18-24-9-11-27(18)16-20-14-19(6-7-21(20)29-3)15-26-12-13-30-23(17-26)8-4-5-10-25(2)22(23)28/h4-7,9,11,14H,8,10,12-13,15-17H2,1-3H3. The van der Waals surface area contributed by atoms with Crippen molar-refractivity contribution in [1.29, 1.82) is 0 Å². The lowest BCUT2D eigenvalue weighted by Crippen LogP contribution is -2.59. The van der Waals surface area contributed by atoms with Gasteiger partial charge in [0, 0.05) is 57.6 Å². The first-order chi connectivity index (χ1) is 14.5. The quantitative estimate of drug-likeness (QED) is 0.708. The van der Waals surface area contributed by atoms with Gasteiger partial charge in [0.15, 0.2) is 5.60 Å². The Hall–Kier alpha value is -2.64. The summed E-state index contributed by atoms with van der Waals surface area (Å²) in [5.74, 6) is 1.92. The van der Waals surface area contributed by atoms with Crippen LogP contribution in [0.4, 0.5) is 0 Å². The molecule has 0 saturated carbocycles. The molecule has 0 radical (unpaired) electrons. The van der Waals surface area contributed by atoms with Gasteiger partial charge in [0.1, 0.15) is 11.6 Å². The van der Waals surface area contributed by atoms with Crippen molar-refractivity contribution in [3.63, 3.8) is 0 Å². The van der Waals surface area contributed by atoms with Crippen LogP contribution in [-0.2, 0) is 22.6 Å². The third kappa shape index (κ3) is 4.13. The van der Waals surface area contributed by atoms with Gasteiger partial charge in [-0.05, 0) is 24.6 Å². The average molecular weight is 411 g/mol. The van der Waals surface area contributed by atoms with Crippen LogP contribution in [0.15, 0.2) is 42.7 Å².